The van der Waals surface area contributed by atoms with Gasteiger partial charge in [-0.3, -0.25) is 14.2 Å². The summed E-state index contributed by atoms with van der Waals surface area (Å²) in [6.45, 7) is 4.19. The number of aromatic nitrogens is 2. The first-order chi connectivity index (χ1) is 12.5. The molecule has 3 aromatic rings. The van der Waals surface area contributed by atoms with Crippen LogP contribution in [0.15, 0.2) is 58.5 Å². The zero-order chi connectivity index (χ0) is 18.7. The third-order valence-electron chi connectivity index (χ3n) is 4.16. The fourth-order valence-electron chi connectivity index (χ4n) is 2.80. The summed E-state index contributed by atoms with van der Waals surface area (Å²) in [5.41, 5.74) is 2.39. The van der Waals surface area contributed by atoms with E-state index >= 15 is 0 Å². The Hall–Kier alpha value is -2.60. The van der Waals surface area contributed by atoms with E-state index in [4.69, 9.17) is 0 Å². The molecule has 1 heterocycles. The molecular formula is C20H21N3O2S. The van der Waals surface area contributed by atoms with Crippen LogP contribution in [0.1, 0.15) is 25.3 Å². The van der Waals surface area contributed by atoms with E-state index in [-0.39, 0.29) is 23.1 Å². The van der Waals surface area contributed by atoms with Gasteiger partial charge >= 0.3 is 0 Å². The first-order valence-electron chi connectivity index (χ1n) is 8.47. The maximum absolute atomic E-state index is 13.2. The lowest BCUT2D eigenvalue weighted by molar-refractivity contribution is -0.118. The van der Waals surface area contributed by atoms with Crippen LogP contribution >= 0.6 is 11.8 Å². The third-order valence-corrected chi connectivity index (χ3v) is 5.09. The summed E-state index contributed by atoms with van der Waals surface area (Å²) in [4.78, 5) is 29.6. The van der Waals surface area contributed by atoms with Crippen molar-refractivity contribution < 1.29 is 4.79 Å². The summed E-state index contributed by atoms with van der Waals surface area (Å²) in [5.74, 6) is 0.341. The minimum atomic E-state index is -0.122. The van der Waals surface area contributed by atoms with Gasteiger partial charge in [-0.15, -0.1) is 0 Å². The van der Waals surface area contributed by atoms with Gasteiger partial charge in [0.05, 0.1) is 22.3 Å². The van der Waals surface area contributed by atoms with Crippen LogP contribution in [0.5, 0.6) is 0 Å². The van der Waals surface area contributed by atoms with E-state index in [0.717, 1.165) is 11.3 Å². The maximum atomic E-state index is 13.2. The highest BCUT2D eigenvalue weighted by Gasteiger charge is 2.17. The molecule has 0 atom stereocenters. The Bertz CT molecular complexity index is 1010. The Balaban J connectivity index is 2.27. The van der Waals surface area contributed by atoms with E-state index in [1.807, 2.05) is 42.5 Å². The summed E-state index contributed by atoms with van der Waals surface area (Å²) >= 11 is 1.26. The van der Waals surface area contributed by atoms with E-state index < -0.39 is 0 Å². The molecule has 0 saturated carbocycles. The lowest BCUT2D eigenvalue weighted by Crippen LogP contribution is -2.25. The van der Waals surface area contributed by atoms with E-state index in [1.54, 1.807) is 17.7 Å². The lowest BCUT2D eigenvalue weighted by atomic mass is 10.0. The molecule has 1 aromatic heterocycles. The molecule has 134 valence electrons. The topological polar surface area (TPSA) is 64.0 Å². The molecule has 3 rings (SSSR count). The standard InChI is InChI=1S/C20H21N3O2S/c1-13(2)14-8-5-7-11-17(14)23-19(25)15-9-4-6-10-16(15)22-20(23)26-12-18(24)21-3/h4-11,13H,12H2,1-3H3,(H,21,24). The zero-order valence-corrected chi connectivity index (χ0v) is 15.8. The van der Waals surface area contributed by atoms with E-state index in [0.29, 0.717) is 16.1 Å². The lowest BCUT2D eigenvalue weighted by Gasteiger charge is -2.18. The van der Waals surface area contributed by atoms with Gasteiger partial charge in [-0.1, -0.05) is 55.9 Å². The summed E-state index contributed by atoms with van der Waals surface area (Å²) in [7, 11) is 1.60. The third kappa shape index (κ3) is 3.51. The average Bonchev–Trinajstić information content (AvgIpc) is 2.66. The molecule has 0 saturated heterocycles. The second-order valence-electron chi connectivity index (χ2n) is 6.23. The van der Waals surface area contributed by atoms with Crippen LogP contribution in [-0.2, 0) is 4.79 Å². The van der Waals surface area contributed by atoms with Crippen molar-refractivity contribution in [2.24, 2.45) is 0 Å². The minimum absolute atomic E-state index is 0.110. The zero-order valence-electron chi connectivity index (χ0n) is 15.0. The number of fused-ring (bicyclic) bond motifs is 1. The number of para-hydroxylation sites is 2. The van der Waals surface area contributed by atoms with E-state index in [1.165, 1.54) is 11.8 Å². The quantitative estimate of drug-likeness (QED) is 0.555. The van der Waals surface area contributed by atoms with Gasteiger partial charge in [0.15, 0.2) is 5.16 Å². The van der Waals surface area contributed by atoms with Crippen LogP contribution in [0.25, 0.3) is 16.6 Å². The first-order valence-corrected chi connectivity index (χ1v) is 9.46. The van der Waals surface area contributed by atoms with Crippen molar-refractivity contribution in [2.75, 3.05) is 12.8 Å². The molecule has 0 aliphatic heterocycles. The molecule has 0 unspecified atom stereocenters. The molecular weight excluding hydrogens is 346 g/mol. The largest absolute Gasteiger partial charge is 0.358 e. The van der Waals surface area contributed by atoms with Crippen molar-refractivity contribution in [3.63, 3.8) is 0 Å². The number of carbonyl (C=O) groups is 1. The molecule has 0 radical (unpaired) electrons. The molecule has 2 aromatic carbocycles. The molecule has 1 N–H and O–H groups in total. The van der Waals surface area contributed by atoms with Gasteiger partial charge in [-0.25, -0.2) is 4.98 Å². The minimum Gasteiger partial charge on any atom is -0.358 e. The molecule has 0 fully saturated rings. The fraction of sp³-hybridized carbons (Fsp3) is 0.250. The van der Waals surface area contributed by atoms with Crippen molar-refractivity contribution in [1.82, 2.24) is 14.9 Å². The van der Waals surface area contributed by atoms with Gasteiger partial charge in [-0.05, 0) is 29.7 Å². The van der Waals surface area contributed by atoms with E-state index in [2.05, 4.69) is 24.1 Å². The molecule has 0 aliphatic carbocycles. The van der Waals surface area contributed by atoms with Crippen molar-refractivity contribution in [2.45, 2.75) is 24.9 Å². The number of hydrogen-bond acceptors (Lipinski definition) is 4. The predicted molar refractivity (Wildman–Crippen MR) is 106 cm³/mol. The summed E-state index contributed by atoms with van der Waals surface area (Å²) < 4.78 is 1.63. The van der Waals surface area contributed by atoms with Gasteiger partial charge in [0.25, 0.3) is 5.56 Å². The Morgan fingerprint density at radius 1 is 1.15 bits per heavy atom. The summed E-state index contributed by atoms with van der Waals surface area (Å²) in [5, 5.41) is 3.68. The monoisotopic (exact) mass is 367 g/mol. The predicted octanol–water partition coefficient (Wildman–Crippen LogP) is 3.35. The van der Waals surface area contributed by atoms with Crippen LogP contribution in [0.2, 0.25) is 0 Å². The summed E-state index contributed by atoms with van der Waals surface area (Å²) in [6.07, 6.45) is 0. The van der Waals surface area contributed by atoms with E-state index in [9.17, 15) is 9.59 Å². The van der Waals surface area contributed by atoms with Gasteiger partial charge < -0.3 is 5.32 Å². The second-order valence-corrected chi connectivity index (χ2v) is 7.17. The number of hydrogen-bond donors (Lipinski definition) is 1. The van der Waals surface area contributed by atoms with Crippen molar-refractivity contribution in [3.05, 3.63) is 64.4 Å². The SMILES string of the molecule is CNC(=O)CSc1nc2ccccc2c(=O)n1-c1ccccc1C(C)C. The fourth-order valence-corrected chi connectivity index (χ4v) is 3.68. The van der Waals surface area contributed by atoms with Crippen molar-refractivity contribution >= 4 is 28.6 Å². The summed E-state index contributed by atoms with van der Waals surface area (Å²) in [6, 6.07) is 15.1. The molecule has 0 spiro atoms. The normalized spacial score (nSPS) is 11.1. The first kappa shape index (κ1) is 18.2. The molecule has 6 heteroatoms. The Morgan fingerprint density at radius 2 is 1.85 bits per heavy atom. The Labute approximate surface area is 156 Å². The molecule has 0 bridgehead atoms. The molecule has 1 amide bonds. The van der Waals surface area contributed by atoms with Crippen LogP contribution in [0, 0.1) is 0 Å². The number of carbonyl (C=O) groups excluding carboxylic acids is 1. The smallest absolute Gasteiger partial charge is 0.266 e. The second kappa shape index (κ2) is 7.74. The van der Waals surface area contributed by atoms with Crippen molar-refractivity contribution in [3.8, 4) is 5.69 Å². The Kier molecular flexibility index (Phi) is 5.42. The number of nitrogens with one attached hydrogen (secondary N) is 1. The molecule has 5 nitrogen and oxygen atoms in total. The van der Waals surface area contributed by atoms with Crippen molar-refractivity contribution in [1.29, 1.82) is 0 Å². The van der Waals surface area contributed by atoms with Crippen LogP contribution in [-0.4, -0.2) is 28.3 Å². The highest BCUT2D eigenvalue weighted by Crippen LogP contribution is 2.26. The van der Waals surface area contributed by atoms with Crippen LogP contribution in [0.4, 0.5) is 0 Å². The van der Waals surface area contributed by atoms with Gasteiger partial charge in [0.2, 0.25) is 5.91 Å². The molecule has 0 aliphatic rings. The Morgan fingerprint density at radius 3 is 2.58 bits per heavy atom. The number of thioether (sulfide) groups is 1. The average molecular weight is 367 g/mol. The van der Waals surface area contributed by atoms with Crippen LogP contribution in [0.3, 0.4) is 0 Å². The number of nitrogens with zero attached hydrogens (tertiary/aromatic N) is 2. The number of rotatable bonds is 5. The maximum Gasteiger partial charge on any atom is 0.266 e. The number of amides is 1. The van der Waals surface area contributed by atoms with Gasteiger partial charge in [0.1, 0.15) is 0 Å². The van der Waals surface area contributed by atoms with Gasteiger partial charge in [0, 0.05) is 7.05 Å². The highest BCUT2D eigenvalue weighted by atomic mass is 32.2. The molecule has 26 heavy (non-hydrogen) atoms. The van der Waals surface area contributed by atoms with Crippen LogP contribution < -0.4 is 10.9 Å². The number of benzene rings is 2. The van der Waals surface area contributed by atoms with Gasteiger partial charge in [-0.2, -0.15) is 0 Å². The highest BCUT2D eigenvalue weighted by molar-refractivity contribution is 7.99.